The first-order valence-corrected chi connectivity index (χ1v) is 6.41. The Bertz CT molecular complexity index is 425. The molecule has 1 N–H and O–H groups in total. The Morgan fingerprint density at radius 1 is 1.56 bits per heavy atom. The van der Waals surface area contributed by atoms with Crippen molar-refractivity contribution in [3.63, 3.8) is 0 Å². The van der Waals surface area contributed by atoms with Gasteiger partial charge >= 0.3 is 5.97 Å². The minimum atomic E-state index is -0.365. The van der Waals surface area contributed by atoms with Gasteiger partial charge in [-0.2, -0.15) is 0 Å². The van der Waals surface area contributed by atoms with Crippen LogP contribution in [0.2, 0.25) is 0 Å². The maximum atomic E-state index is 11.6. The highest BCUT2D eigenvalue weighted by Crippen LogP contribution is 2.44. The second kappa shape index (κ2) is 4.61. The van der Waals surface area contributed by atoms with Crippen LogP contribution < -0.4 is 0 Å². The fraction of sp³-hybridized carbons (Fsp3) is 0.417. The van der Waals surface area contributed by atoms with E-state index in [1.54, 1.807) is 6.92 Å². The monoisotopic (exact) mass is 332 g/mol. The molecular formula is C12H13IO3. The van der Waals surface area contributed by atoms with Gasteiger partial charge in [-0.3, -0.25) is 0 Å². The SMILES string of the molecule is CCOC(=O)c1cc(O)c(I)c(C2CC2)c1. The van der Waals surface area contributed by atoms with Gasteiger partial charge in [0, 0.05) is 0 Å². The number of benzene rings is 1. The highest BCUT2D eigenvalue weighted by atomic mass is 127. The van der Waals surface area contributed by atoms with E-state index in [1.807, 2.05) is 6.07 Å². The standard InChI is InChI=1S/C12H13IO3/c1-2-16-12(15)8-5-9(7-3-4-7)11(13)10(14)6-8/h5-7,14H,2-4H2,1H3. The fourth-order valence-corrected chi connectivity index (χ4v) is 2.41. The van der Waals surface area contributed by atoms with Crippen LogP contribution in [-0.2, 0) is 4.74 Å². The summed E-state index contributed by atoms with van der Waals surface area (Å²) in [5, 5.41) is 9.76. The van der Waals surface area contributed by atoms with E-state index in [4.69, 9.17) is 4.74 Å². The number of carbonyl (C=O) groups excluding carboxylic acids is 1. The Balaban J connectivity index is 2.36. The van der Waals surface area contributed by atoms with Crippen LogP contribution in [0.3, 0.4) is 0 Å². The second-order valence-corrected chi connectivity index (χ2v) is 4.97. The molecule has 1 aromatic rings. The summed E-state index contributed by atoms with van der Waals surface area (Å²) in [5.41, 5.74) is 1.52. The Kier molecular flexibility index (Phi) is 3.37. The predicted molar refractivity (Wildman–Crippen MR) is 68.8 cm³/mol. The first kappa shape index (κ1) is 11.7. The Morgan fingerprint density at radius 3 is 2.81 bits per heavy atom. The molecule has 0 bridgehead atoms. The van der Waals surface area contributed by atoms with E-state index < -0.39 is 0 Å². The number of hydrogen-bond donors (Lipinski definition) is 1. The zero-order valence-electron chi connectivity index (χ0n) is 9.00. The van der Waals surface area contributed by atoms with Crippen LogP contribution in [0.25, 0.3) is 0 Å². The highest BCUT2D eigenvalue weighted by Gasteiger charge is 2.28. The van der Waals surface area contributed by atoms with Gasteiger partial charge in [-0.05, 0) is 66.0 Å². The number of hydrogen-bond acceptors (Lipinski definition) is 3. The second-order valence-electron chi connectivity index (χ2n) is 3.89. The summed E-state index contributed by atoms with van der Waals surface area (Å²) in [7, 11) is 0. The van der Waals surface area contributed by atoms with Crippen LogP contribution in [0, 0.1) is 3.57 Å². The summed E-state index contributed by atoms with van der Waals surface area (Å²) in [6.07, 6.45) is 2.28. The molecule has 0 spiro atoms. The average molecular weight is 332 g/mol. The van der Waals surface area contributed by atoms with E-state index in [1.165, 1.54) is 6.07 Å². The number of phenolic OH excluding ortho intramolecular Hbond substituents is 1. The number of phenols is 1. The Labute approximate surface area is 108 Å². The van der Waals surface area contributed by atoms with Gasteiger partial charge in [-0.25, -0.2) is 4.79 Å². The molecule has 0 aliphatic heterocycles. The topological polar surface area (TPSA) is 46.5 Å². The van der Waals surface area contributed by atoms with Crippen LogP contribution in [0.1, 0.15) is 41.6 Å². The lowest BCUT2D eigenvalue weighted by molar-refractivity contribution is 0.0525. The van der Waals surface area contributed by atoms with Gasteiger partial charge in [0.05, 0.1) is 15.7 Å². The molecule has 0 radical (unpaired) electrons. The van der Waals surface area contributed by atoms with Gasteiger partial charge in [-0.15, -0.1) is 0 Å². The van der Waals surface area contributed by atoms with Gasteiger partial charge in [0.25, 0.3) is 0 Å². The van der Waals surface area contributed by atoms with Crippen LogP contribution in [0.5, 0.6) is 5.75 Å². The van der Waals surface area contributed by atoms with Gasteiger partial charge in [-0.1, -0.05) is 0 Å². The van der Waals surface area contributed by atoms with E-state index in [0.29, 0.717) is 18.1 Å². The summed E-state index contributed by atoms with van der Waals surface area (Å²) in [4.78, 5) is 11.6. The first-order chi connectivity index (χ1) is 7.63. The summed E-state index contributed by atoms with van der Waals surface area (Å²) in [5.74, 6) is 0.316. The Morgan fingerprint density at radius 2 is 2.25 bits per heavy atom. The lowest BCUT2D eigenvalue weighted by Crippen LogP contribution is -2.05. The molecule has 0 aromatic heterocycles. The number of rotatable bonds is 3. The largest absolute Gasteiger partial charge is 0.507 e. The molecule has 0 amide bonds. The molecule has 86 valence electrons. The van der Waals surface area contributed by atoms with E-state index in [0.717, 1.165) is 22.0 Å². The molecule has 0 heterocycles. The lowest BCUT2D eigenvalue weighted by Gasteiger charge is -2.08. The molecule has 0 unspecified atom stereocenters. The van der Waals surface area contributed by atoms with Gasteiger partial charge in [0.2, 0.25) is 0 Å². The van der Waals surface area contributed by atoms with Crippen molar-refractivity contribution in [2.45, 2.75) is 25.7 Å². The molecule has 1 aliphatic carbocycles. The molecule has 3 nitrogen and oxygen atoms in total. The highest BCUT2D eigenvalue weighted by molar-refractivity contribution is 14.1. The Hall–Kier alpha value is -0.780. The molecule has 0 saturated heterocycles. The third-order valence-corrected chi connectivity index (χ3v) is 3.79. The summed E-state index contributed by atoms with van der Waals surface area (Å²) >= 11 is 2.12. The minimum absolute atomic E-state index is 0.174. The van der Waals surface area contributed by atoms with Crippen LogP contribution in [0.15, 0.2) is 12.1 Å². The zero-order chi connectivity index (χ0) is 11.7. The number of ether oxygens (including phenoxy) is 1. The number of esters is 1. The van der Waals surface area contributed by atoms with E-state index in [2.05, 4.69) is 22.6 Å². The first-order valence-electron chi connectivity index (χ1n) is 5.33. The number of aromatic hydroxyl groups is 1. The van der Waals surface area contributed by atoms with Crippen molar-refractivity contribution in [1.82, 2.24) is 0 Å². The molecule has 1 saturated carbocycles. The molecule has 0 atom stereocenters. The van der Waals surface area contributed by atoms with Gasteiger partial charge < -0.3 is 9.84 Å². The third-order valence-electron chi connectivity index (χ3n) is 2.61. The van der Waals surface area contributed by atoms with E-state index in [-0.39, 0.29) is 11.7 Å². The number of carbonyl (C=O) groups is 1. The molecular weight excluding hydrogens is 319 g/mol. The summed E-state index contributed by atoms with van der Waals surface area (Å²) < 4.78 is 5.78. The molecule has 1 aromatic carbocycles. The van der Waals surface area contributed by atoms with E-state index >= 15 is 0 Å². The minimum Gasteiger partial charge on any atom is -0.507 e. The van der Waals surface area contributed by atoms with Crippen molar-refractivity contribution in [2.24, 2.45) is 0 Å². The van der Waals surface area contributed by atoms with Crippen molar-refractivity contribution in [3.8, 4) is 5.75 Å². The summed E-state index contributed by atoms with van der Waals surface area (Å²) in [6.45, 7) is 2.12. The van der Waals surface area contributed by atoms with Crippen LogP contribution in [0.4, 0.5) is 0 Å². The predicted octanol–water partition coefficient (Wildman–Crippen LogP) is 3.05. The van der Waals surface area contributed by atoms with Gasteiger partial charge in [0.15, 0.2) is 0 Å². The van der Waals surface area contributed by atoms with Crippen molar-refractivity contribution in [1.29, 1.82) is 0 Å². The van der Waals surface area contributed by atoms with E-state index in [9.17, 15) is 9.90 Å². The maximum absolute atomic E-state index is 11.6. The third kappa shape index (κ3) is 2.31. The zero-order valence-corrected chi connectivity index (χ0v) is 11.2. The summed E-state index contributed by atoms with van der Waals surface area (Å²) in [6, 6.07) is 3.32. The van der Waals surface area contributed by atoms with Crippen molar-refractivity contribution in [2.75, 3.05) is 6.61 Å². The van der Waals surface area contributed by atoms with Crippen molar-refractivity contribution < 1.29 is 14.6 Å². The van der Waals surface area contributed by atoms with Crippen molar-refractivity contribution >= 4 is 28.6 Å². The number of halogens is 1. The fourth-order valence-electron chi connectivity index (χ4n) is 1.65. The smallest absolute Gasteiger partial charge is 0.338 e. The molecule has 16 heavy (non-hydrogen) atoms. The average Bonchev–Trinajstić information content (AvgIpc) is 3.06. The molecule has 2 rings (SSSR count). The van der Waals surface area contributed by atoms with Gasteiger partial charge in [0.1, 0.15) is 5.75 Å². The molecule has 1 fully saturated rings. The van der Waals surface area contributed by atoms with Crippen LogP contribution >= 0.6 is 22.6 Å². The van der Waals surface area contributed by atoms with Crippen molar-refractivity contribution in [3.05, 3.63) is 26.8 Å². The lowest BCUT2D eigenvalue weighted by atomic mass is 10.1. The normalized spacial score (nSPS) is 14.9. The van der Waals surface area contributed by atoms with Crippen LogP contribution in [-0.4, -0.2) is 17.7 Å². The molecule has 1 aliphatic rings. The molecule has 4 heteroatoms. The quantitative estimate of drug-likeness (QED) is 0.684. The maximum Gasteiger partial charge on any atom is 0.338 e.